The van der Waals surface area contributed by atoms with Gasteiger partial charge in [-0.25, -0.2) is 19.7 Å². The van der Waals surface area contributed by atoms with Crippen LogP contribution in [0.2, 0.25) is 0 Å². The summed E-state index contributed by atoms with van der Waals surface area (Å²) in [5, 5.41) is 20.1. The van der Waals surface area contributed by atoms with Gasteiger partial charge >= 0.3 is 5.69 Å². The number of nitrogens with two attached hydrogens (primary N) is 1. The molecule has 16 nitrogen and oxygen atoms in total. The third-order valence-corrected chi connectivity index (χ3v) is 7.65. The van der Waals surface area contributed by atoms with E-state index in [0.717, 1.165) is 10.6 Å². The number of H-pyrrole nitrogens is 1. The number of aromatic nitrogens is 6. The molecule has 37 heavy (non-hydrogen) atoms. The molecule has 7 atom stereocenters. The lowest BCUT2D eigenvalue weighted by Gasteiger charge is -2.32. The van der Waals surface area contributed by atoms with Crippen LogP contribution in [0.5, 0.6) is 0 Å². The number of rotatable bonds is 8. The molecule has 0 aliphatic carbocycles. The van der Waals surface area contributed by atoms with Gasteiger partial charge in [0.15, 0.2) is 11.5 Å². The molecule has 2 aliphatic heterocycles. The van der Waals surface area contributed by atoms with Crippen LogP contribution in [0.1, 0.15) is 25.3 Å². The van der Waals surface area contributed by atoms with Gasteiger partial charge in [-0.05, 0) is 0 Å². The summed E-state index contributed by atoms with van der Waals surface area (Å²) in [6, 6.07) is 1.14. The van der Waals surface area contributed by atoms with Crippen LogP contribution in [-0.2, 0) is 30.3 Å². The number of ether oxygens (including phenoxy) is 2. The Kier molecular flexibility index (Phi) is 7.23. The Labute approximate surface area is 212 Å². The molecule has 5 rings (SSSR count). The van der Waals surface area contributed by atoms with E-state index in [4.69, 9.17) is 36.1 Å². The Balaban J connectivity index is 1.21. The van der Waals surface area contributed by atoms with Crippen molar-refractivity contribution in [2.24, 2.45) is 0 Å². The van der Waals surface area contributed by atoms with Crippen molar-refractivity contribution in [2.45, 2.75) is 49.7 Å². The molecular weight excluding hydrogens is 533 g/mol. The number of nitrogens with zero attached hydrogens (tertiary/aromatic N) is 5. The Morgan fingerprint density at radius 2 is 1.97 bits per heavy atom. The number of imidazole rings is 1. The summed E-state index contributed by atoms with van der Waals surface area (Å²) in [6.07, 6.45) is -1.16. The first kappa shape index (κ1) is 26.0. The summed E-state index contributed by atoms with van der Waals surface area (Å²) in [4.78, 5) is 50.6. The summed E-state index contributed by atoms with van der Waals surface area (Å²) < 4.78 is 25.0. The molecule has 5 N–H and O–H groups in total. The fourth-order valence-electron chi connectivity index (χ4n) is 4.28. The van der Waals surface area contributed by atoms with E-state index in [1.54, 1.807) is 4.57 Å². The second kappa shape index (κ2) is 10.3. The van der Waals surface area contributed by atoms with Gasteiger partial charge in [0.1, 0.15) is 43.2 Å². The quantitative estimate of drug-likeness (QED) is 0.218. The minimum absolute atomic E-state index is 0.00445. The molecule has 0 saturated carbocycles. The maximum absolute atomic E-state index is 12.9. The van der Waals surface area contributed by atoms with Crippen molar-refractivity contribution in [3.05, 3.63) is 45.8 Å². The van der Waals surface area contributed by atoms with Gasteiger partial charge in [0.25, 0.3) is 5.56 Å². The molecule has 5 heterocycles. The maximum Gasteiger partial charge on any atom is 0.330 e. The molecule has 0 aromatic carbocycles. The number of nitrogens with one attached hydrogen (secondary N) is 1. The first-order valence-electron chi connectivity index (χ1n) is 11.1. The lowest BCUT2D eigenvalue weighted by atomic mass is 10.2. The van der Waals surface area contributed by atoms with Crippen molar-refractivity contribution in [2.75, 3.05) is 18.9 Å². The highest BCUT2D eigenvalue weighted by Crippen LogP contribution is 2.46. The highest BCUT2D eigenvalue weighted by molar-refractivity contribution is 8.06. The lowest BCUT2D eigenvalue weighted by Crippen LogP contribution is -2.31. The minimum Gasteiger partial charge on any atom is -0.780 e. The molecule has 2 aliphatic rings. The van der Waals surface area contributed by atoms with Crippen LogP contribution in [0.3, 0.4) is 0 Å². The number of aliphatic hydroxyl groups is 2. The second-order valence-electron chi connectivity index (χ2n) is 8.47. The van der Waals surface area contributed by atoms with Crippen molar-refractivity contribution < 1.29 is 33.6 Å². The van der Waals surface area contributed by atoms with E-state index in [1.165, 1.54) is 18.9 Å². The van der Waals surface area contributed by atoms with Gasteiger partial charge in [-0.1, -0.05) is 11.8 Å². The summed E-state index contributed by atoms with van der Waals surface area (Å²) in [7, 11) is 0. The second-order valence-corrected chi connectivity index (χ2v) is 11.2. The highest BCUT2D eigenvalue weighted by Gasteiger charge is 2.40. The largest absolute Gasteiger partial charge is 0.780 e. The molecule has 1 unspecified atom stereocenters. The number of anilines is 1. The van der Waals surface area contributed by atoms with Crippen molar-refractivity contribution in [1.29, 1.82) is 0 Å². The number of aliphatic hydroxyl groups excluding tert-OH is 2. The monoisotopic (exact) mass is 556 g/mol. The van der Waals surface area contributed by atoms with Crippen LogP contribution < -0.4 is 21.9 Å². The van der Waals surface area contributed by atoms with E-state index in [2.05, 4.69) is 19.9 Å². The molecule has 2 fully saturated rings. The molecule has 0 amide bonds. The fourth-order valence-corrected chi connectivity index (χ4v) is 5.74. The Bertz CT molecular complexity index is 1450. The normalized spacial score (nSPS) is 29.6. The maximum atomic E-state index is 12.9. The van der Waals surface area contributed by atoms with Crippen LogP contribution in [0.25, 0.3) is 11.2 Å². The molecular formula is C19H23N7O9PS-. The summed E-state index contributed by atoms with van der Waals surface area (Å²) in [5.74, 6) is 0.205. The molecule has 0 radical (unpaired) electrons. The number of hydrogen-bond donors (Lipinski definition) is 4. The molecule has 3 aromatic rings. The Morgan fingerprint density at radius 1 is 1.22 bits per heavy atom. The molecule has 200 valence electrons. The molecule has 18 heteroatoms. The van der Waals surface area contributed by atoms with E-state index in [9.17, 15) is 24.7 Å². The van der Waals surface area contributed by atoms with Crippen LogP contribution >= 0.6 is 6.72 Å². The molecule has 3 aromatic heterocycles. The van der Waals surface area contributed by atoms with E-state index >= 15 is 0 Å². The Morgan fingerprint density at radius 3 is 2.73 bits per heavy atom. The third kappa shape index (κ3) is 5.36. The molecule has 2 saturated heterocycles. The highest BCUT2D eigenvalue weighted by atomic mass is 32.5. The van der Waals surface area contributed by atoms with Crippen LogP contribution in [0.4, 0.5) is 5.82 Å². The van der Waals surface area contributed by atoms with Crippen LogP contribution in [0.15, 0.2) is 34.5 Å². The SMILES string of the molecule is Nc1ncnc2c1ncn2[C@H]1C[C@H](O)[C@@H](COP([O-])(=S)O[C@H]2C[C@H](n3ccc(=O)[nH]c3=O)O[C@@H]2CO)O1. The predicted octanol–water partition coefficient (Wildman–Crippen LogP) is -2.13. The van der Waals surface area contributed by atoms with Crippen LogP contribution in [-0.4, -0.2) is 76.9 Å². The predicted molar refractivity (Wildman–Crippen MR) is 126 cm³/mol. The van der Waals surface area contributed by atoms with Crippen LogP contribution in [0, 0.1) is 0 Å². The average Bonchev–Trinajstić information content (AvgIpc) is 3.54. The zero-order valence-electron chi connectivity index (χ0n) is 19.0. The van der Waals surface area contributed by atoms with Gasteiger partial charge in [0.05, 0.1) is 31.7 Å². The number of hydrogen-bond acceptors (Lipinski definition) is 14. The van der Waals surface area contributed by atoms with Gasteiger partial charge in [-0.15, -0.1) is 0 Å². The van der Waals surface area contributed by atoms with Crippen molar-refractivity contribution in [1.82, 2.24) is 29.1 Å². The topological polar surface area (TPSA) is 225 Å². The standard InChI is InChI=1S/C19H24N7O9PS/c20-17-16-18(22-7-21-17)26(8-23-16)14-3-9(28)12(34-14)6-32-36(31,37)35-10-4-15(33-11(10)5-27)25-2-1-13(29)24-19(25)30/h1-2,7-12,14-15,27-28H,3-6H2,(H,31,37)(H2,20,21,22)(H,24,29,30)/p-1/t9-,10-,11+,12+,14+,15+,36?/m0/s1. The first-order valence-corrected chi connectivity index (χ1v) is 13.7. The zero-order chi connectivity index (χ0) is 26.3. The van der Waals surface area contributed by atoms with Crippen molar-refractivity contribution >= 4 is 35.5 Å². The summed E-state index contributed by atoms with van der Waals surface area (Å²) in [5.41, 5.74) is 5.34. The number of aromatic amines is 1. The van der Waals surface area contributed by atoms with Crippen molar-refractivity contribution in [3.8, 4) is 0 Å². The van der Waals surface area contributed by atoms with Crippen molar-refractivity contribution in [3.63, 3.8) is 0 Å². The smallest absolute Gasteiger partial charge is 0.330 e. The number of fused-ring (bicyclic) bond motifs is 1. The van der Waals surface area contributed by atoms with E-state index in [1.807, 2.05) is 0 Å². The van der Waals surface area contributed by atoms with Gasteiger partial charge in [0, 0.05) is 25.1 Å². The van der Waals surface area contributed by atoms with E-state index in [-0.39, 0.29) is 25.3 Å². The van der Waals surface area contributed by atoms with E-state index in [0.29, 0.717) is 11.2 Å². The summed E-state index contributed by atoms with van der Waals surface area (Å²) >= 11 is 5.01. The van der Waals surface area contributed by atoms with Gasteiger partial charge in [0.2, 0.25) is 0 Å². The van der Waals surface area contributed by atoms with Gasteiger partial charge in [-0.3, -0.25) is 18.9 Å². The fraction of sp³-hybridized carbons (Fsp3) is 0.526. The van der Waals surface area contributed by atoms with E-state index < -0.39 is 61.4 Å². The zero-order valence-corrected chi connectivity index (χ0v) is 20.7. The minimum atomic E-state index is -4.13. The third-order valence-electron chi connectivity index (χ3n) is 6.08. The molecule has 0 bridgehead atoms. The lowest BCUT2D eigenvalue weighted by molar-refractivity contribution is -0.215. The number of nitrogen functional groups attached to an aromatic ring is 1. The Hall–Kier alpha value is -2.60. The summed E-state index contributed by atoms with van der Waals surface area (Å²) in [6.45, 7) is -4.99. The van der Waals surface area contributed by atoms with Gasteiger partial charge in [-0.2, -0.15) is 0 Å². The van der Waals surface area contributed by atoms with Gasteiger partial charge < -0.3 is 39.4 Å². The molecule has 0 spiro atoms. The first-order chi connectivity index (χ1) is 17.6. The average molecular weight is 556 g/mol.